The van der Waals surface area contributed by atoms with E-state index in [1.807, 2.05) is 4.90 Å². The molecule has 4 rings (SSSR count). The maximum Gasteiger partial charge on any atom is 0.243 e. The molecule has 3 atom stereocenters. The average molecular weight is 382 g/mol. The van der Waals surface area contributed by atoms with Crippen LogP contribution in [0.1, 0.15) is 38.2 Å². The van der Waals surface area contributed by atoms with Crippen molar-refractivity contribution < 1.29 is 4.79 Å². The molecule has 28 heavy (non-hydrogen) atoms. The highest BCUT2D eigenvalue weighted by Crippen LogP contribution is 2.37. The third-order valence-electron chi connectivity index (χ3n) is 6.89. The number of benzene rings is 1. The third kappa shape index (κ3) is 3.49. The highest BCUT2D eigenvalue weighted by atomic mass is 16.2. The van der Waals surface area contributed by atoms with Gasteiger partial charge in [-0.25, -0.2) is 0 Å². The fourth-order valence-corrected chi connectivity index (χ4v) is 5.32. The summed E-state index contributed by atoms with van der Waals surface area (Å²) in [5.74, 6) is 0.186. The summed E-state index contributed by atoms with van der Waals surface area (Å²) in [6.07, 6.45) is 6.73. The second-order valence-corrected chi connectivity index (χ2v) is 8.46. The minimum atomic E-state index is -0.166. The smallest absolute Gasteiger partial charge is 0.243 e. The van der Waals surface area contributed by atoms with Gasteiger partial charge in [-0.05, 0) is 24.8 Å². The Kier molecular flexibility index (Phi) is 5.56. The number of nitrogens with one attached hydrogen (secondary N) is 1. The van der Waals surface area contributed by atoms with E-state index in [-0.39, 0.29) is 23.5 Å². The molecule has 0 radical (unpaired) electrons. The molecule has 3 saturated heterocycles. The molecule has 3 fully saturated rings. The number of rotatable bonds is 4. The number of carbonyl (C=O) groups is 1. The van der Waals surface area contributed by atoms with Crippen LogP contribution in [0.25, 0.3) is 0 Å². The van der Waals surface area contributed by atoms with E-state index in [1.54, 1.807) is 4.90 Å². The van der Waals surface area contributed by atoms with Crippen molar-refractivity contribution >= 4 is 5.91 Å². The van der Waals surface area contributed by atoms with E-state index >= 15 is 0 Å². The molecule has 6 heteroatoms. The topological polar surface area (TPSA) is 62.6 Å². The summed E-state index contributed by atoms with van der Waals surface area (Å²) in [5.41, 5.74) is 1.58. The minimum Gasteiger partial charge on any atom is -0.324 e. The van der Waals surface area contributed by atoms with Gasteiger partial charge in [0, 0.05) is 38.1 Å². The summed E-state index contributed by atoms with van der Waals surface area (Å²) in [6, 6.07) is 10.7. The fourth-order valence-electron chi connectivity index (χ4n) is 5.32. The van der Waals surface area contributed by atoms with Crippen LogP contribution in [0.4, 0.5) is 0 Å². The van der Waals surface area contributed by atoms with Gasteiger partial charge >= 0.3 is 0 Å². The Morgan fingerprint density at radius 2 is 2.00 bits per heavy atom. The molecule has 0 saturated carbocycles. The number of hydrogen-bond donors (Lipinski definition) is 1. The van der Waals surface area contributed by atoms with Crippen LogP contribution < -0.4 is 5.32 Å². The number of fused-ring (bicyclic) bond motifs is 1. The average Bonchev–Trinajstić information content (AvgIpc) is 2.75. The van der Waals surface area contributed by atoms with Gasteiger partial charge < -0.3 is 9.80 Å². The molecule has 1 aromatic carbocycles. The van der Waals surface area contributed by atoms with Gasteiger partial charge in [0.15, 0.2) is 6.19 Å². The highest BCUT2D eigenvalue weighted by molar-refractivity contribution is 5.83. The van der Waals surface area contributed by atoms with Gasteiger partial charge in [-0.3, -0.25) is 15.0 Å². The molecule has 1 N–H and O–H groups in total. The summed E-state index contributed by atoms with van der Waals surface area (Å²) in [4.78, 5) is 19.2. The van der Waals surface area contributed by atoms with Crippen molar-refractivity contribution in [3.63, 3.8) is 0 Å². The third-order valence-corrected chi connectivity index (χ3v) is 6.89. The minimum absolute atomic E-state index is 0.112. The molecule has 3 aliphatic heterocycles. The van der Waals surface area contributed by atoms with Gasteiger partial charge in [0.05, 0.1) is 12.7 Å². The fraction of sp³-hybridized carbons (Fsp3) is 0.636. The van der Waals surface area contributed by atoms with Crippen LogP contribution in [0.5, 0.6) is 0 Å². The van der Waals surface area contributed by atoms with E-state index < -0.39 is 0 Å². The Morgan fingerprint density at radius 1 is 1.21 bits per heavy atom. The molecular weight excluding hydrogens is 350 g/mol. The number of hydrogen-bond acceptors (Lipinski definition) is 5. The van der Waals surface area contributed by atoms with Crippen LogP contribution in [-0.2, 0) is 10.2 Å². The number of nitrogens with zero attached hydrogens (tertiary/aromatic N) is 4. The van der Waals surface area contributed by atoms with Crippen LogP contribution in [-0.4, -0.2) is 72.1 Å². The first-order valence-corrected chi connectivity index (χ1v) is 10.6. The van der Waals surface area contributed by atoms with Crippen molar-refractivity contribution in [1.82, 2.24) is 20.0 Å². The first-order chi connectivity index (χ1) is 13.7. The molecule has 6 nitrogen and oxygen atoms in total. The molecule has 1 amide bonds. The highest BCUT2D eigenvalue weighted by Gasteiger charge is 2.43. The summed E-state index contributed by atoms with van der Waals surface area (Å²) in [5, 5.41) is 12.9. The zero-order valence-electron chi connectivity index (χ0n) is 16.8. The Hall–Kier alpha value is -2.10. The number of nitriles is 1. The second kappa shape index (κ2) is 8.10. The summed E-state index contributed by atoms with van der Waals surface area (Å²) >= 11 is 0. The van der Waals surface area contributed by atoms with Gasteiger partial charge in [-0.15, -0.1) is 0 Å². The molecule has 0 aromatic heterocycles. The first kappa shape index (κ1) is 19.2. The van der Waals surface area contributed by atoms with Gasteiger partial charge in [-0.1, -0.05) is 43.7 Å². The van der Waals surface area contributed by atoms with E-state index in [1.165, 1.54) is 5.56 Å². The summed E-state index contributed by atoms with van der Waals surface area (Å²) in [6.45, 7) is 6.93. The summed E-state index contributed by atoms with van der Waals surface area (Å²) in [7, 11) is 0. The second-order valence-electron chi connectivity index (χ2n) is 8.46. The zero-order valence-corrected chi connectivity index (χ0v) is 16.8. The van der Waals surface area contributed by atoms with E-state index in [2.05, 4.69) is 53.7 Å². The molecule has 150 valence electrons. The lowest BCUT2D eigenvalue weighted by Crippen LogP contribution is -2.68. The molecule has 3 aliphatic rings. The van der Waals surface area contributed by atoms with Gasteiger partial charge in [0.1, 0.15) is 6.04 Å². The molecule has 0 bridgehead atoms. The van der Waals surface area contributed by atoms with Gasteiger partial charge in [-0.2, -0.15) is 5.26 Å². The lowest BCUT2D eigenvalue weighted by atomic mass is 9.71. The molecule has 2 unspecified atom stereocenters. The van der Waals surface area contributed by atoms with Crippen LogP contribution in [0.15, 0.2) is 30.3 Å². The predicted octanol–water partition coefficient (Wildman–Crippen LogP) is 1.74. The molecule has 0 spiro atoms. The van der Waals surface area contributed by atoms with Gasteiger partial charge in [0.25, 0.3) is 0 Å². The van der Waals surface area contributed by atoms with Gasteiger partial charge in [0.2, 0.25) is 5.91 Å². The number of piperazine rings is 2. The maximum absolute atomic E-state index is 13.2. The van der Waals surface area contributed by atoms with Crippen molar-refractivity contribution in [3.8, 4) is 6.19 Å². The van der Waals surface area contributed by atoms with Crippen LogP contribution >= 0.6 is 0 Å². The number of amides is 1. The van der Waals surface area contributed by atoms with Crippen molar-refractivity contribution in [2.24, 2.45) is 0 Å². The van der Waals surface area contributed by atoms with Crippen LogP contribution in [0.3, 0.4) is 0 Å². The quantitative estimate of drug-likeness (QED) is 0.805. The predicted molar refractivity (Wildman–Crippen MR) is 108 cm³/mol. The molecule has 0 aliphatic carbocycles. The number of piperidine rings is 1. The first-order valence-electron chi connectivity index (χ1n) is 10.6. The van der Waals surface area contributed by atoms with E-state index in [4.69, 9.17) is 0 Å². The monoisotopic (exact) mass is 381 g/mol. The Bertz CT molecular complexity index is 722. The Labute approximate surface area is 168 Å². The van der Waals surface area contributed by atoms with Crippen molar-refractivity contribution in [3.05, 3.63) is 35.9 Å². The Morgan fingerprint density at radius 3 is 2.68 bits per heavy atom. The van der Waals surface area contributed by atoms with E-state index in [0.717, 1.165) is 58.4 Å². The standard InChI is InChI=1S/C22H31N5O/c1-2-9-22(18-6-4-3-5-7-18)10-8-20(24-16-22)27-14-13-26-12-11-25(17-23)15-19(26)21(27)28/h3-7,19-20,24H,2,8-16H2,1H3/t19-,20?,22?/m1/s1. The van der Waals surface area contributed by atoms with Crippen molar-refractivity contribution in [1.29, 1.82) is 5.26 Å². The maximum atomic E-state index is 13.2. The summed E-state index contributed by atoms with van der Waals surface area (Å²) < 4.78 is 0. The van der Waals surface area contributed by atoms with E-state index in [9.17, 15) is 10.1 Å². The lowest BCUT2D eigenvalue weighted by molar-refractivity contribution is -0.149. The normalized spacial score (nSPS) is 31.4. The van der Waals surface area contributed by atoms with Crippen molar-refractivity contribution in [2.45, 2.75) is 50.2 Å². The lowest BCUT2D eigenvalue weighted by Gasteiger charge is -2.50. The van der Waals surface area contributed by atoms with Crippen LogP contribution in [0.2, 0.25) is 0 Å². The largest absolute Gasteiger partial charge is 0.324 e. The molecular formula is C22H31N5O. The molecule has 3 heterocycles. The molecule has 1 aromatic rings. The Balaban J connectivity index is 1.44. The zero-order chi connectivity index (χ0) is 19.6. The van der Waals surface area contributed by atoms with Crippen molar-refractivity contribution in [2.75, 3.05) is 39.3 Å². The van der Waals surface area contributed by atoms with E-state index in [0.29, 0.717) is 6.54 Å². The number of carbonyl (C=O) groups excluding carboxylic acids is 1. The van der Waals surface area contributed by atoms with Crippen LogP contribution in [0, 0.1) is 11.5 Å². The SMILES string of the molecule is CCCC1(c2ccccc2)CCC(N2CCN3CCN(C#N)C[C@@H]3C2=O)NC1.